The van der Waals surface area contributed by atoms with Gasteiger partial charge in [0.2, 0.25) is 5.56 Å². The molecule has 20 heavy (non-hydrogen) atoms. The molecule has 0 saturated carbocycles. The van der Waals surface area contributed by atoms with E-state index in [1.165, 1.54) is 12.1 Å². The van der Waals surface area contributed by atoms with Crippen molar-refractivity contribution in [2.75, 3.05) is 0 Å². The van der Waals surface area contributed by atoms with E-state index in [-0.39, 0.29) is 11.3 Å². The van der Waals surface area contributed by atoms with E-state index in [1.807, 2.05) is 0 Å². The van der Waals surface area contributed by atoms with Gasteiger partial charge >= 0.3 is 12.3 Å². The standard InChI is InChI=1S/C13H15ClO6/c1-13(2,3)20-12(17)19-10(14)8-6-4-5-7-9(8)18-11(15)16/h4-7,10H,1-3H3,(H,15,16). The Hall–Kier alpha value is -1.95. The Morgan fingerprint density at radius 1 is 1.25 bits per heavy atom. The van der Waals surface area contributed by atoms with Crippen LogP contribution in [0.2, 0.25) is 0 Å². The van der Waals surface area contributed by atoms with E-state index in [4.69, 9.17) is 26.2 Å². The van der Waals surface area contributed by atoms with E-state index in [2.05, 4.69) is 4.74 Å². The highest BCUT2D eigenvalue weighted by Gasteiger charge is 2.23. The van der Waals surface area contributed by atoms with Crippen LogP contribution < -0.4 is 4.74 Å². The number of rotatable bonds is 3. The van der Waals surface area contributed by atoms with Crippen LogP contribution in [0.3, 0.4) is 0 Å². The fraction of sp³-hybridized carbons (Fsp3) is 0.385. The number of carbonyl (C=O) groups excluding carboxylic acids is 1. The van der Waals surface area contributed by atoms with E-state index >= 15 is 0 Å². The van der Waals surface area contributed by atoms with Gasteiger partial charge < -0.3 is 19.3 Å². The first-order chi connectivity index (χ1) is 9.19. The molecule has 7 heteroatoms. The highest BCUT2D eigenvalue weighted by atomic mass is 35.5. The van der Waals surface area contributed by atoms with Crippen molar-refractivity contribution in [2.45, 2.75) is 31.9 Å². The summed E-state index contributed by atoms with van der Waals surface area (Å²) >= 11 is 5.92. The molecule has 0 aliphatic heterocycles. The lowest BCUT2D eigenvalue weighted by Crippen LogP contribution is -2.25. The van der Waals surface area contributed by atoms with E-state index in [1.54, 1.807) is 32.9 Å². The Morgan fingerprint density at radius 2 is 1.85 bits per heavy atom. The van der Waals surface area contributed by atoms with Gasteiger partial charge in [-0.05, 0) is 26.8 Å². The Morgan fingerprint density at radius 3 is 2.40 bits per heavy atom. The molecule has 1 aromatic rings. The van der Waals surface area contributed by atoms with Gasteiger partial charge in [0.05, 0.1) is 5.56 Å². The van der Waals surface area contributed by atoms with Crippen LogP contribution in [0.4, 0.5) is 9.59 Å². The van der Waals surface area contributed by atoms with Crippen LogP contribution in [0, 0.1) is 0 Å². The van der Waals surface area contributed by atoms with E-state index in [0.29, 0.717) is 0 Å². The summed E-state index contributed by atoms with van der Waals surface area (Å²) in [5, 5.41) is 8.61. The predicted molar refractivity (Wildman–Crippen MR) is 71.0 cm³/mol. The number of carbonyl (C=O) groups is 2. The predicted octanol–water partition coefficient (Wildman–Crippen LogP) is 3.93. The molecule has 1 aromatic carbocycles. The first kappa shape index (κ1) is 16.1. The van der Waals surface area contributed by atoms with Crippen LogP contribution in [0.5, 0.6) is 5.75 Å². The third-order valence-electron chi connectivity index (χ3n) is 1.95. The van der Waals surface area contributed by atoms with Gasteiger partial charge in [-0.15, -0.1) is 0 Å². The molecule has 1 N–H and O–H groups in total. The molecule has 6 nitrogen and oxygen atoms in total. The fourth-order valence-corrected chi connectivity index (χ4v) is 1.53. The Kier molecular flexibility index (Phi) is 5.21. The topological polar surface area (TPSA) is 82.1 Å². The molecule has 0 aliphatic rings. The summed E-state index contributed by atoms with van der Waals surface area (Å²) in [6.45, 7) is 5.04. The lowest BCUT2D eigenvalue weighted by molar-refractivity contribution is -0.0137. The maximum absolute atomic E-state index is 11.5. The van der Waals surface area contributed by atoms with Crippen molar-refractivity contribution < 1.29 is 28.9 Å². The van der Waals surface area contributed by atoms with E-state index in [9.17, 15) is 9.59 Å². The second-order valence-corrected chi connectivity index (χ2v) is 5.20. The van der Waals surface area contributed by atoms with Crippen molar-refractivity contribution in [3.05, 3.63) is 29.8 Å². The zero-order valence-corrected chi connectivity index (χ0v) is 12.0. The van der Waals surface area contributed by atoms with Crippen molar-refractivity contribution in [1.82, 2.24) is 0 Å². The average Bonchev–Trinajstić information content (AvgIpc) is 2.25. The molecule has 0 amide bonds. The van der Waals surface area contributed by atoms with Crippen LogP contribution in [-0.4, -0.2) is 23.0 Å². The molecule has 0 spiro atoms. The maximum Gasteiger partial charge on any atom is 0.511 e. The lowest BCUT2D eigenvalue weighted by atomic mass is 10.2. The molecule has 1 rings (SSSR count). The number of carboxylic acid groups (broad SMARTS) is 1. The lowest BCUT2D eigenvalue weighted by Gasteiger charge is -2.20. The number of hydrogen-bond acceptors (Lipinski definition) is 5. The summed E-state index contributed by atoms with van der Waals surface area (Å²) in [6.07, 6.45) is -2.44. The Labute approximate surface area is 121 Å². The first-order valence-electron chi connectivity index (χ1n) is 5.72. The van der Waals surface area contributed by atoms with Gasteiger partial charge in [-0.1, -0.05) is 29.8 Å². The summed E-state index contributed by atoms with van der Waals surface area (Å²) in [5.41, 5.74) is -1.73. The largest absolute Gasteiger partial charge is 0.511 e. The van der Waals surface area contributed by atoms with Crippen LogP contribution in [-0.2, 0) is 9.47 Å². The number of alkyl halides is 1. The van der Waals surface area contributed by atoms with Crippen molar-refractivity contribution in [2.24, 2.45) is 0 Å². The van der Waals surface area contributed by atoms with Gasteiger partial charge in [-0.3, -0.25) is 0 Å². The maximum atomic E-state index is 11.5. The number of ether oxygens (including phenoxy) is 3. The van der Waals surface area contributed by atoms with Gasteiger partial charge in [-0.25, -0.2) is 9.59 Å². The van der Waals surface area contributed by atoms with Crippen molar-refractivity contribution in [3.8, 4) is 5.75 Å². The van der Waals surface area contributed by atoms with E-state index < -0.39 is 23.5 Å². The molecule has 1 unspecified atom stereocenters. The molecule has 0 saturated heterocycles. The van der Waals surface area contributed by atoms with Crippen molar-refractivity contribution >= 4 is 23.9 Å². The van der Waals surface area contributed by atoms with Crippen LogP contribution in [0.1, 0.15) is 31.9 Å². The molecule has 0 fully saturated rings. The highest BCUT2D eigenvalue weighted by Crippen LogP contribution is 2.31. The second-order valence-electron chi connectivity index (χ2n) is 4.80. The van der Waals surface area contributed by atoms with Gasteiger partial charge in [0, 0.05) is 0 Å². The van der Waals surface area contributed by atoms with Gasteiger partial charge in [0.15, 0.2) is 0 Å². The Bertz CT molecular complexity index is 494. The molecular weight excluding hydrogens is 288 g/mol. The normalized spacial score (nSPS) is 12.4. The number of benzene rings is 1. The monoisotopic (exact) mass is 302 g/mol. The Balaban J connectivity index is 2.79. The highest BCUT2D eigenvalue weighted by molar-refractivity contribution is 6.20. The SMILES string of the molecule is CC(C)(C)OC(=O)OC(Cl)c1ccccc1OC(=O)O. The molecule has 0 aliphatic carbocycles. The zero-order chi connectivity index (χ0) is 15.3. The second kappa shape index (κ2) is 6.47. The number of para-hydroxylation sites is 1. The third kappa shape index (κ3) is 5.36. The molecule has 110 valence electrons. The smallest absolute Gasteiger partial charge is 0.449 e. The minimum Gasteiger partial charge on any atom is -0.449 e. The van der Waals surface area contributed by atoms with Crippen molar-refractivity contribution in [3.63, 3.8) is 0 Å². The molecule has 0 heterocycles. The summed E-state index contributed by atoms with van der Waals surface area (Å²) in [5.74, 6) is -0.0106. The summed E-state index contributed by atoms with van der Waals surface area (Å²) < 4.78 is 14.4. The molecule has 1 atom stereocenters. The molecule has 0 aromatic heterocycles. The van der Waals surface area contributed by atoms with Gasteiger partial charge in [0.1, 0.15) is 11.4 Å². The fourth-order valence-electron chi connectivity index (χ4n) is 1.28. The van der Waals surface area contributed by atoms with Crippen LogP contribution >= 0.6 is 11.6 Å². The minimum atomic E-state index is -1.49. The summed E-state index contributed by atoms with van der Waals surface area (Å²) in [4.78, 5) is 22.0. The molecule has 0 bridgehead atoms. The zero-order valence-electron chi connectivity index (χ0n) is 11.3. The van der Waals surface area contributed by atoms with Crippen LogP contribution in [0.15, 0.2) is 24.3 Å². The summed E-state index contributed by atoms with van der Waals surface area (Å²) in [7, 11) is 0. The number of halogens is 1. The first-order valence-corrected chi connectivity index (χ1v) is 6.16. The minimum absolute atomic E-state index is 0.0106. The van der Waals surface area contributed by atoms with Crippen molar-refractivity contribution in [1.29, 1.82) is 0 Å². The van der Waals surface area contributed by atoms with Gasteiger partial charge in [-0.2, -0.15) is 0 Å². The summed E-state index contributed by atoms with van der Waals surface area (Å²) in [6, 6.07) is 6.06. The van der Waals surface area contributed by atoms with E-state index in [0.717, 1.165) is 0 Å². The van der Waals surface area contributed by atoms with Crippen LogP contribution in [0.25, 0.3) is 0 Å². The third-order valence-corrected chi connectivity index (χ3v) is 2.27. The quantitative estimate of drug-likeness (QED) is 0.517. The molecule has 0 radical (unpaired) electrons. The average molecular weight is 303 g/mol. The number of hydrogen-bond donors (Lipinski definition) is 1. The molecular formula is C13H15ClO6. The van der Waals surface area contributed by atoms with Gasteiger partial charge in [0.25, 0.3) is 0 Å².